The van der Waals surface area contributed by atoms with Gasteiger partial charge in [0.15, 0.2) is 5.65 Å². The molecule has 3 aromatic rings. The van der Waals surface area contributed by atoms with E-state index in [0.29, 0.717) is 28.9 Å². The van der Waals surface area contributed by atoms with E-state index >= 15 is 0 Å². The lowest BCUT2D eigenvalue weighted by atomic mass is 9.95. The van der Waals surface area contributed by atoms with E-state index in [1.165, 1.54) is 10.9 Å². The molecule has 2 aromatic heterocycles. The molecular formula is C22H24N4O3. The second-order valence-corrected chi connectivity index (χ2v) is 7.27. The SMILES string of the molecule is CCC(C(=O)Nc1ccc(OC)cc1)n1cnc2nc3c(cc2c1=O)CCCC3. The monoisotopic (exact) mass is 392 g/mol. The van der Waals surface area contributed by atoms with Crippen molar-refractivity contribution in [1.29, 1.82) is 0 Å². The van der Waals surface area contributed by atoms with Crippen molar-refractivity contribution in [3.8, 4) is 5.75 Å². The van der Waals surface area contributed by atoms with E-state index in [4.69, 9.17) is 4.74 Å². The molecule has 0 saturated carbocycles. The molecule has 7 nitrogen and oxygen atoms in total. The minimum Gasteiger partial charge on any atom is -0.497 e. The minimum absolute atomic E-state index is 0.229. The number of carbonyl (C=O) groups is 1. The number of benzene rings is 1. The highest BCUT2D eigenvalue weighted by molar-refractivity contribution is 5.94. The van der Waals surface area contributed by atoms with Gasteiger partial charge in [0.1, 0.15) is 18.1 Å². The molecule has 7 heteroatoms. The van der Waals surface area contributed by atoms with Crippen LogP contribution in [0, 0.1) is 0 Å². The number of amides is 1. The average molecular weight is 392 g/mol. The van der Waals surface area contributed by atoms with Crippen LogP contribution in [0.5, 0.6) is 5.75 Å². The van der Waals surface area contributed by atoms with Gasteiger partial charge in [0.05, 0.1) is 12.5 Å². The summed E-state index contributed by atoms with van der Waals surface area (Å²) in [5.74, 6) is 0.452. The third kappa shape index (κ3) is 3.72. The lowest BCUT2D eigenvalue weighted by Crippen LogP contribution is -2.33. The summed E-state index contributed by atoms with van der Waals surface area (Å²) < 4.78 is 6.55. The number of rotatable bonds is 5. The number of nitrogens with zero attached hydrogens (tertiary/aromatic N) is 3. The number of hydrogen-bond acceptors (Lipinski definition) is 5. The van der Waals surface area contributed by atoms with Crippen molar-refractivity contribution >= 4 is 22.6 Å². The standard InChI is InChI=1S/C22H24N4O3/c1-3-19(21(27)24-15-8-10-16(29-2)11-9-15)26-13-23-20-17(22(26)28)12-14-6-4-5-7-18(14)25-20/h8-13,19H,3-7H2,1-2H3,(H,24,27). The second-order valence-electron chi connectivity index (χ2n) is 7.27. The molecule has 1 atom stereocenters. The number of methoxy groups -OCH3 is 1. The first-order valence-electron chi connectivity index (χ1n) is 9.95. The fourth-order valence-corrected chi connectivity index (χ4v) is 3.82. The predicted octanol–water partition coefficient (Wildman–Crippen LogP) is 3.27. The molecule has 1 N–H and O–H groups in total. The first kappa shape index (κ1) is 19.1. The van der Waals surface area contributed by atoms with Crippen molar-refractivity contribution in [2.24, 2.45) is 0 Å². The van der Waals surface area contributed by atoms with Gasteiger partial charge >= 0.3 is 0 Å². The third-order valence-corrected chi connectivity index (χ3v) is 5.43. The number of aryl methyl sites for hydroxylation is 2. The molecule has 150 valence electrons. The van der Waals surface area contributed by atoms with Gasteiger partial charge in [-0.1, -0.05) is 6.92 Å². The highest BCUT2D eigenvalue weighted by Gasteiger charge is 2.22. The number of fused-ring (bicyclic) bond motifs is 2. The van der Waals surface area contributed by atoms with Crippen LogP contribution in [0.2, 0.25) is 0 Å². The van der Waals surface area contributed by atoms with Crippen LogP contribution in [0.1, 0.15) is 43.5 Å². The molecule has 0 fully saturated rings. The number of aromatic nitrogens is 3. The van der Waals surface area contributed by atoms with Crippen molar-refractivity contribution in [3.63, 3.8) is 0 Å². The van der Waals surface area contributed by atoms with Crippen LogP contribution >= 0.6 is 0 Å². The maximum absolute atomic E-state index is 13.1. The summed E-state index contributed by atoms with van der Waals surface area (Å²) in [5.41, 5.74) is 3.03. The Bertz CT molecular complexity index is 1110. The Morgan fingerprint density at radius 1 is 1.24 bits per heavy atom. The van der Waals surface area contributed by atoms with Gasteiger partial charge in [-0.3, -0.25) is 14.2 Å². The van der Waals surface area contributed by atoms with Gasteiger partial charge in [0.2, 0.25) is 5.91 Å². The van der Waals surface area contributed by atoms with Crippen LogP contribution in [0.15, 0.2) is 41.5 Å². The molecule has 1 aromatic carbocycles. The van der Waals surface area contributed by atoms with Crippen LogP contribution in [0.3, 0.4) is 0 Å². The zero-order valence-corrected chi connectivity index (χ0v) is 16.6. The summed E-state index contributed by atoms with van der Waals surface area (Å²) in [7, 11) is 1.59. The Morgan fingerprint density at radius 2 is 2.00 bits per heavy atom. The zero-order chi connectivity index (χ0) is 20.4. The summed E-state index contributed by atoms with van der Waals surface area (Å²) in [5, 5.41) is 3.35. The largest absolute Gasteiger partial charge is 0.497 e. The third-order valence-electron chi connectivity index (χ3n) is 5.43. The Labute approximate surface area is 168 Å². The minimum atomic E-state index is -0.655. The molecule has 1 aliphatic rings. The normalized spacial score (nSPS) is 14.3. The molecule has 0 bridgehead atoms. The summed E-state index contributed by atoms with van der Waals surface area (Å²) in [6, 6.07) is 8.33. The molecular weight excluding hydrogens is 368 g/mol. The fourth-order valence-electron chi connectivity index (χ4n) is 3.82. The topological polar surface area (TPSA) is 86.1 Å². The van der Waals surface area contributed by atoms with Gasteiger partial charge in [-0.05, 0) is 68.0 Å². The van der Waals surface area contributed by atoms with E-state index in [-0.39, 0.29) is 11.5 Å². The predicted molar refractivity (Wildman–Crippen MR) is 111 cm³/mol. The Morgan fingerprint density at radius 3 is 2.72 bits per heavy atom. The number of nitrogens with one attached hydrogen (secondary N) is 1. The van der Waals surface area contributed by atoms with Gasteiger partial charge in [-0.15, -0.1) is 0 Å². The quantitative estimate of drug-likeness (QED) is 0.720. The maximum Gasteiger partial charge on any atom is 0.263 e. The second kappa shape index (κ2) is 8.03. The molecule has 29 heavy (non-hydrogen) atoms. The molecule has 2 heterocycles. The Hall–Kier alpha value is -3.22. The highest BCUT2D eigenvalue weighted by atomic mass is 16.5. The number of pyridine rings is 1. The molecule has 4 rings (SSSR count). The molecule has 0 saturated heterocycles. The molecule has 0 aliphatic heterocycles. The molecule has 1 aliphatic carbocycles. The summed E-state index contributed by atoms with van der Waals surface area (Å²) >= 11 is 0. The van der Waals surface area contributed by atoms with Crippen molar-refractivity contribution < 1.29 is 9.53 Å². The fraction of sp³-hybridized carbons (Fsp3) is 0.364. The summed E-state index contributed by atoms with van der Waals surface area (Å²) in [6.45, 7) is 1.88. The van der Waals surface area contributed by atoms with Gasteiger partial charge in [0.25, 0.3) is 5.56 Å². The first-order chi connectivity index (χ1) is 14.1. The molecule has 0 spiro atoms. The van der Waals surface area contributed by atoms with Gasteiger partial charge in [0, 0.05) is 11.4 Å². The van der Waals surface area contributed by atoms with E-state index in [9.17, 15) is 9.59 Å². The first-order valence-corrected chi connectivity index (χ1v) is 9.95. The average Bonchev–Trinajstić information content (AvgIpc) is 2.75. The lowest BCUT2D eigenvalue weighted by Gasteiger charge is -2.19. The summed E-state index contributed by atoms with van der Waals surface area (Å²) in [6.07, 6.45) is 5.99. The van der Waals surface area contributed by atoms with Crippen LogP contribution in [-0.2, 0) is 17.6 Å². The van der Waals surface area contributed by atoms with Crippen molar-refractivity contribution in [1.82, 2.24) is 14.5 Å². The van der Waals surface area contributed by atoms with Gasteiger partial charge in [-0.25, -0.2) is 9.97 Å². The van der Waals surface area contributed by atoms with Gasteiger partial charge < -0.3 is 10.1 Å². The Kier molecular flexibility index (Phi) is 5.29. The van der Waals surface area contributed by atoms with Crippen molar-refractivity contribution in [3.05, 3.63) is 58.3 Å². The van der Waals surface area contributed by atoms with Gasteiger partial charge in [-0.2, -0.15) is 0 Å². The zero-order valence-electron chi connectivity index (χ0n) is 16.6. The molecule has 1 amide bonds. The smallest absolute Gasteiger partial charge is 0.263 e. The number of anilines is 1. The number of carbonyl (C=O) groups excluding carboxylic acids is 1. The van der Waals surface area contributed by atoms with Crippen LogP contribution < -0.4 is 15.6 Å². The van der Waals surface area contributed by atoms with Crippen LogP contribution in [-0.4, -0.2) is 27.6 Å². The van der Waals surface area contributed by atoms with Crippen LogP contribution in [0.25, 0.3) is 11.0 Å². The number of ether oxygens (including phenoxy) is 1. The lowest BCUT2D eigenvalue weighted by molar-refractivity contribution is -0.119. The maximum atomic E-state index is 13.1. The van der Waals surface area contributed by atoms with E-state index in [0.717, 1.165) is 36.9 Å². The Balaban J connectivity index is 1.66. The van der Waals surface area contributed by atoms with Crippen molar-refractivity contribution in [2.45, 2.75) is 45.1 Å². The molecule has 1 unspecified atom stereocenters. The van der Waals surface area contributed by atoms with E-state index in [2.05, 4.69) is 15.3 Å². The van der Waals surface area contributed by atoms with Crippen molar-refractivity contribution in [2.75, 3.05) is 12.4 Å². The van der Waals surface area contributed by atoms with E-state index in [1.54, 1.807) is 31.4 Å². The van der Waals surface area contributed by atoms with E-state index in [1.807, 2.05) is 13.0 Å². The van der Waals surface area contributed by atoms with E-state index < -0.39 is 6.04 Å². The number of hydrogen-bond donors (Lipinski definition) is 1. The van der Waals surface area contributed by atoms with Crippen LogP contribution in [0.4, 0.5) is 5.69 Å². The molecule has 0 radical (unpaired) electrons. The highest BCUT2D eigenvalue weighted by Crippen LogP contribution is 2.22. The summed E-state index contributed by atoms with van der Waals surface area (Å²) in [4.78, 5) is 35.0.